The van der Waals surface area contributed by atoms with E-state index in [1.54, 1.807) is 12.1 Å². The molecule has 126 valence electrons. The maximum atomic E-state index is 12.4. The molecule has 1 aliphatic heterocycles. The predicted octanol–water partition coefficient (Wildman–Crippen LogP) is 1.57. The molecule has 0 fully saturated rings. The molecule has 0 saturated heterocycles. The number of carbonyl (C=O) groups excluding carboxylic acids is 2. The largest absolute Gasteiger partial charge is 0.352 e. The molecule has 0 aliphatic carbocycles. The Balaban J connectivity index is 1.58. The van der Waals surface area contributed by atoms with Crippen molar-refractivity contribution in [1.82, 2.24) is 20.2 Å². The van der Waals surface area contributed by atoms with Crippen molar-refractivity contribution < 1.29 is 9.59 Å². The molecule has 0 bridgehead atoms. The van der Waals surface area contributed by atoms with Gasteiger partial charge in [0.15, 0.2) is 0 Å². The summed E-state index contributed by atoms with van der Waals surface area (Å²) in [6.45, 7) is 4.71. The highest BCUT2D eigenvalue weighted by molar-refractivity contribution is 5.94. The van der Waals surface area contributed by atoms with Gasteiger partial charge in [0.05, 0.1) is 5.69 Å². The maximum absolute atomic E-state index is 12.4. The highest BCUT2D eigenvalue weighted by Gasteiger charge is 2.21. The van der Waals surface area contributed by atoms with Gasteiger partial charge in [-0.05, 0) is 31.0 Å². The lowest BCUT2D eigenvalue weighted by atomic mass is 10.1. The number of carbonyl (C=O) groups is 2. The lowest BCUT2D eigenvalue weighted by molar-refractivity contribution is -0.119. The van der Waals surface area contributed by atoms with Gasteiger partial charge in [-0.25, -0.2) is 4.98 Å². The van der Waals surface area contributed by atoms with E-state index in [1.807, 2.05) is 25.3 Å². The van der Waals surface area contributed by atoms with Crippen LogP contribution in [0.15, 0.2) is 30.5 Å². The van der Waals surface area contributed by atoms with Gasteiger partial charge in [-0.15, -0.1) is 0 Å². The first-order valence-electron chi connectivity index (χ1n) is 8.18. The average Bonchev–Trinajstić information content (AvgIpc) is 2.92. The normalized spacial score (nSPS) is 16.3. The number of imidazole rings is 1. The summed E-state index contributed by atoms with van der Waals surface area (Å²) in [5.41, 5.74) is 2.62. The molecular formula is C18H22N4O2. The van der Waals surface area contributed by atoms with Crippen LogP contribution in [0.3, 0.4) is 0 Å². The molecule has 6 nitrogen and oxygen atoms in total. The van der Waals surface area contributed by atoms with E-state index >= 15 is 0 Å². The summed E-state index contributed by atoms with van der Waals surface area (Å²) in [6.07, 6.45) is 3.82. The van der Waals surface area contributed by atoms with E-state index < -0.39 is 0 Å². The van der Waals surface area contributed by atoms with Gasteiger partial charge in [-0.2, -0.15) is 0 Å². The van der Waals surface area contributed by atoms with E-state index in [4.69, 9.17) is 0 Å². The van der Waals surface area contributed by atoms with Crippen LogP contribution in [0.1, 0.15) is 40.8 Å². The second-order valence-electron chi connectivity index (χ2n) is 6.27. The molecule has 2 amide bonds. The van der Waals surface area contributed by atoms with Crippen molar-refractivity contribution in [2.24, 2.45) is 0 Å². The molecule has 2 aromatic rings. The molecule has 0 spiro atoms. The summed E-state index contributed by atoms with van der Waals surface area (Å²) >= 11 is 0. The van der Waals surface area contributed by atoms with Gasteiger partial charge in [0.1, 0.15) is 5.82 Å². The molecule has 1 aromatic heterocycles. The summed E-state index contributed by atoms with van der Waals surface area (Å²) in [5.74, 6) is 0.968. The molecule has 2 heterocycles. The van der Waals surface area contributed by atoms with Crippen LogP contribution in [0, 0.1) is 6.92 Å². The Morgan fingerprint density at radius 2 is 2.04 bits per heavy atom. The van der Waals surface area contributed by atoms with Crippen LogP contribution in [0.5, 0.6) is 0 Å². The number of aryl methyl sites for hydroxylation is 2. The van der Waals surface area contributed by atoms with Gasteiger partial charge in [0, 0.05) is 44.2 Å². The van der Waals surface area contributed by atoms with Crippen LogP contribution in [-0.4, -0.2) is 27.4 Å². The van der Waals surface area contributed by atoms with E-state index in [0.29, 0.717) is 12.1 Å². The third-order valence-corrected chi connectivity index (χ3v) is 4.21. The summed E-state index contributed by atoms with van der Waals surface area (Å²) in [5, 5.41) is 5.84. The smallest absolute Gasteiger partial charge is 0.251 e. The van der Waals surface area contributed by atoms with Crippen molar-refractivity contribution >= 4 is 11.8 Å². The summed E-state index contributed by atoms with van der Waals surface area (Å²) in [6, 6.07) is 7.44. The number of rotatable bonds is 4. The molecule has 1 atom stereocenters. The third kappa shape index (κ3) is 3.82. The van der Waals surface area contributed by atoms with E-state index in [0.717, 1.165) is 36.5 Å². The number of benzene rings is 1. The first-order chi connectivity index (χ1) is 11.5. The number of hydrogen-bond acceptors (Lipinski definition) is 3. The lowest BCUT2D eigenvalue weighted by Gasteiger charge is -2.24. The van der Waals surface area contributed by atoms with Gasteiger partial charge in [-0.1, -0.05) is 12.1 Å². The predicted molar refractivity (Wildman–Crippen MR) is 90.5 cm³/mol. The molecule has 0 radical (unpaired) electrons. The minimum atomic E-state index is -0.0665. The molecule has 0 saturated carbocycles. The van der Waals surface area contributed by atoms with Gasteiger partial charge in [0.2, 0.25) is 5.91 Å². The Labute approximate surface area is 141 Å². The van der Waals surface area contributed by atoms with E-state index in [1.165, 1.54) is 6.92 Å². The Morgan fingerprint density at radius 3 is 2.75 bits per heavy atom. The van der Waals surface area contributed by atoms with E-state index in [2.05, 4.69) is 20.2 Å². The molecular weight excluding hydrogens is 304 g/mol. The zero-order valence-corrected chi connectivity index (χ0v) is 14.0. The van der Waals surface area contributed by atoms with Crippen molar-refractivity contribution in [2.45, 2.75) is 45.8 Å². The number of amides is 2. The number of aromatic nitrogens is 2. The molecule has 1 aromatic carbocycles. The van der Waals surface area contributed by atoms with Crippen LogP contribution in [0.2, 0.25) is 0 Å². The van der Waals surface area contributed by atoms with Gasteiger partial charge in [0.25, 0.3) is 5.91 Å². The molecule has 1 unspecified atom stereocenters. The topological polar surface area (TPSA) is 76.0 Å². The quantitative estimate of drug-likeness (QED) is 0.895. The van der Waals surface area contributed by atoms with Crippen LogP contribution in [0.25, 0.3) is 0 Å². The van der Waals surface area contributed by atoms with Gasteiger partial charge < -0.3 is 15.2 Å². The first-order valence-corrected chi connectivity index (χ1v) is 8.18. The fourth-order valence-corrected chi connectivity index (χ4v) is 2.97. The maximum Gasteiger partial charge on any atom is 0.251 e. The summed E-state index contributed by atoms with van der Waals surface area (Å²) in [7, 11) is 0. The van der Waals surface area contributed by atoms with Crippen LogP contribution in [0.4, 0.5) is 0 Å². The summed E-state index contributed by atoms with van der Waals surface area (Å²) in [4.78, 5) is 27.8. The number of hydrogen-bond donors (Lipinski definition) is 2. The average molecular weight is 326 g/mol. The van der Waals surface area contributed by atoms with Crippen LogP contribution < -0.4 is 10.6 Å². The lowest BCUT2D eigenvalue weighted by Crippen LogP contribution is -2.40. The zero-order chi connectivity index (χ0) is 17.1. The molecule has 1 aliphatic rings. The fraction of sp³-hybridized carbons (Fsp3) is 0.389. The molecule has 2 N–H and O–H groups in total. The Kier molecular flexibility index (Phi) is 4.64. The standard InChI is InChI=1S/C18H22N4O2/c1-12-10-22-11-16(7-8-17(22)20-12)21-18(24)15-5-3-14(4-6-15)9-19-13(2)23/h3-6,10,16H,7-9,11H2,1-2H3,(H,19,23)(H,21,24). The van der Waals surface area contributed by atoms with Crippen LogP contribution in [-0.2, 0) is 24.3 Å². The summed E-state index contributed by atoms with van der Waals surface area (Å²) < 4.78 is 2.13. The highest BCUT2D eigenvalue weighted by atomic mass is 16.2. The molecule has 3 rings (SSSR count). The van der Waals surface area contributed by atoms with E-state index in [-0.39, 0.29) is 17.9 Å². The van der Waals surface area contributed by atoms with Crippen molar-refractivity contribution in [3.8, 4) is 0 Å². The molecule has 24 heavy (non-hydrogen) atoms. The Hall–Kier alpha value is -2.63. The van der Waals surface area contributed by atoms with Crippen molar-refractivity contribution in [1.29, 1.82) is 0 Å². The minimum absolute atomic E-state index is 0.0636. The SMILES string of the molecule is CC(=O)NCc1ccc(C(=O)NC2CCc3nc(C)cn3C2)cc1. The van der Waals surface area contributed by atoms with Crippen LogP contribution >= 0.6 is 0 Å². The monoisotopic (exact) mass is 326 g/mol. The Morgan fingerprint density at radius 1 is 1.29 bits per heavy atom. The number of fused-ring (bicyclic) bond motifs is 1. The first kappa shape index (κ1) is 16.2. The molecule has 6 heteroatoms. The zero-order valence-electron chi connectivity index (χ0n) is 14.0. The Bertz CT molecular complexity index is 749. The number of nitrogens with one attached hydrogen (secondary N) is 2. The fourth-order valence-electron chi connectivity index (χ4n) is 2.97. The van der Waals surface area contributed by atoms with Crippen molar-refractivity contribution in [2.75, 3.05) is 0 Å². The van der Waals surface area contributed by atoms with Crippen molar-refractivity contribution in [3.05, 3.63) is 53.1 Å². The third-order valence-electron chi connectivity index (χ3n) is 4.21. The number of nitrogens with zero attached hydrogens (tertiary/aromatic N) is 2. The second-order valence-corrected chi connectivity index (χ2v) is 6.27. The van der Waals surface area contributed by atoms with E-state index in [9.17, 15) is 9.59 Å². The van der Waals surface area contributed by atoms with Crippen molar-refractivity contribution in [3.63, 3.8) is 0 Å². The van der Waals surface area contributed by atoms with Gasteiger partial charge >= 0.3 is 0 Å². The minimum Gasteiger partial charge on any atom is -0.352 e. The second kappa shape index (κ2) is 6.86. The van der Waals surface area contributed by atoms with Gasteiger partial charge in [-0.3, -0.25) is 9.59 Å². The highest BCUT2D eigenvalue weighted by Crippen LogP contribution is 2.15.